The van der Waals surface area contributed by atoms with Crippen molar-refractivity contribution in [1.29, 1.82) is 5.26 Å². The van der Waals surface area contributed by atoms with Gasteiger partial charge in [-0.3, -0.25) is 19.1 Å². The highest BCUT2D eigenvalue weighted by atomic mass is 32.2. The fraction of sp³-hybridized carbons (Fsp3) is 0.353. The summed E-state index contributed by atoms with van der Waals surface area (Å²) in [6.07, 6.45) is 6.68. The van der Waals surface area contributed by atoms with Gasteiger partial charge in [0.25, 0.3) is 11.5 Å². The molecule has 1 amide bonds. The molecule has 42 heavy (non-hydrogen) atoms. The molecule has 0 aliphatic carbocycles. The highest BCUT2D eigenvalue weighted by Gasteiger charge is 2.34. The molecule has 5 rings (SSSR count). The molecule has 0 unspecified atom stereocenters. The highest BCUT2D eigenvalue weighted by Crippen LogP contribution is 2.37. The van der Waals surface area contributed by atoms with Crippen LogP contribution < -0.4 is 10.5 Å². The molecule has 2 aliphatic heterocycles. The molecule has 0 radical (unpaired) electrons. The number of rotatable bonds is 9. The van der Waals surface area contributed by atoms with E-state index in [2.05, 4.69) is 42.2 Å². The number of hydrogen-bond donors (Lipinski definition) is 0. The molecular formula is C34H36N4O2S2. The Hall–Kier alpha value is -3.67. The summed E-state index contributed by atoms with van der Waals surface area (Å²) < 4.78 is 2.29. The van der Waals surface area contributed by atoms with Gasteiger partial charge in [0.2, 0.25) is 0 Å². The van der Waals surface area contributed by atoms with Crippen molar-refractivity contribution >= 4 is 46.1 Å². The van der Waals surface area contributed by atoms with Crippen LogP contribution in [0.3, 0.4) is 0 Å². The highest BCUT2D eigenvalue weighted by molar-refractivity contribution is 8.26. The summed E-state index contributed by atoms with van der Waals surface area (Å²) >= 11 is 6.91. The molecule has 0 saturated carbocycles. The lowest BCUT2D eigenvalue weighted by Crippen LogP contribution is -2.40. The SMILES string of the molecule is CCCCn1c(N2CCC(Cc3ccccc3)CC2)c(C=C2SC(=S)N(Cc3ccccc3)C2=O)c(C)c(C#N)c1=O. The minimum absolute atomic E-state index is 0.139. The Bertz CT molecular complexity index is 1580. The second kappa shape index (κ2) is 13.5. The summed E-state index contributed by atoms with van der Waals surface area (Å²) in [6.45, 7) is 6.47. The third-order valence-corrected chi connectivity index (χ3v) is 9.57. The Morgan fingerprint density at radius 2 is 1.67 bits per heavy atom. The van der Waals surface area contributed by atoms with Crippen molar-refractivity contribution in [3.63, 3.8) is 0 Å². The fourth-order valence-electron chi connectivity index (χ4n) is 5.84. The number of aromatic nitrogens is 1. The van der Waals surface area contributed by atoms with E-state index in [0.29, 0.717) is 33.8 Å². The monoisotopic (exact) mass is 596 g/mol. The van der Waals surface area contributed by atoms with E-state index >= 15 is 0 Å². The summed E-state index contributed by atoms with van der Waals surface area (Å²) in [6, 6.07) is 22.6. The molecule has 0 atom stereocenters. The Morgan fingerprint density at radius 1 is 1.02 bits per heavy atom. The van der Waals surface area contributed by atoms with E-state index in [1.54, 1.807) is 9.47 Å². The smallest absolute Gasteiger partial charge is 0.270 e. The quantitative estimate of drug-likeness (QED) is 0.203. The molecule has 2 aromatic carbocycles. The van der Waals surface area contributed by atoms with Crippen LogP contribution in [-0.4, -0.2) is 32.8 Å². The van der Waals surface area contributed by atoms with Crippen molar-refractivity contribution in [3.05, 3.63) is 104 Å². The maximum atomic E-state index is 13.6. The largest absolute Gasteiger partial charge is 0.357 e. The van der Waals surface area contributed by atoms with Crippen LogP contribution in [0, 0.1) is 24.2 Å². The number of pyridine rings is 1. The zero-order chi connectivity index (χ0) is 29.6. The van der Waals surface area contributed by atoms with Gasteiger partial charge in [0.05, 0.1) is 11.4 Å². The van der Waals surface area contributed by atoms with Crippen LogP contribution in [0.25, 0.3) is 6.08 Å². The first-order valence-electron chi connectivity index (χ1n) is 14.7. The number of carbonyl (C=O) groups is 1. The lowest BCUT2D eigenvalue weighted by Gasteiger charge is -2.36. The van der Waals surface area contributed by atoms with Crippen molar-refractivity contribution in [2.45, 2.75) is 59.0 Å². The zero-order valence-corrected chi connectivity index (χ0v) is 25.8. The summed E-state index contributed by atoms with van der Waals surface area (Å²) in [5.74, 6) is 1.23. The molecule has 1 aromatic heterocycles. The number of unbranched alkanes of at least 4 members (excludes halogenated alkanes) is 1. The van der Waals surface area contributed by atoms with Gasteiger partial charge < -0.3 is 4.90 Å². The van der Waals surface area contributed by atoms with Crippen molar-refractivity contribution in [3.8, 4) is 6.07 Å². The first kappa shape index (κ1) is 29.8. The van der Waals surface area contributed by atoms with Crippen molar-refractivity contribution in [1.82, 2.24) is 9.47 Å². The topological polar surface area (TPSA) is 69.3 Å². The number of hydrogen-bond acceptors (Lipinski definition) is 6. The van der Waals surface area contributed by atoms with E-state index in [4.69, 9.17) is 12.2 Å². The molecule has 6 nitrogen and oxygen atoms in total. The van der Waals surface area contributed by atoms with Gasteiger partial charge in [-0.2, -0.15) is 5.26 Å². The average Bonchev–Trinajstić information content (AvgIpc) is 3.27. The number of nitriles is 1. The second-order valence-electron chi connectivity index (χ2n) is 11.0. The molecule has 0 bridgehead atoms. The van der Waals surface area contributed by atoms with Crippen molar-refractivity contribution in [2.24, 2.45) is 5.92 Å². The summed E-state index contributed by atoms with van der Waals surface area (Å²) in [5.41, 5.74) is 3.63. The lowest BCUT2D eigenvalue weighted by molar-refractivity contribution is -0.122. The molecule has 2 fully saturated rings. The molecule has 2 saturated heterocycles. The van der Waals surface area contributed by atoms with Gasteiger partial charge in [-0.05, 0) is 61.3 Å². The van der Waals surface area contributed by atoms with Gasteiger partial charge in [0, 0.05) is 25.2 Å². The number of amides is 1. The maximum Gasteiger partial charge on any atom is 0.270 e. The van der Waals surface area contributed by atoms with Crippen LogP contribution in [0.2, 0.25) is 0 Å². The Balaban J connectivity index is 1.51. The molecule has 3 aromatic rings. The maximum absolute atomic E-state index is 13.6. The van der Waals surface area contributed by atoms with Crippen LogP contribution in [0.1, 0.15) is 60.4 Å². The summed E-state index contributed by atoms with van der Waals surface area (Å²) in [4.78, 5) is 31.7. The Labute approximate surface area is 257 Å². The predicted octanol–water partition coefficient (Wildman–Crippen LogP) is 6.69. The lowest BCUT2D eigenvalue weighted by atomic mass is 9.90. The first-order chi connectivity index (χ1) is 20.4. The van der Waals surface area contributed by atoms with E-state index in [1.165, 1.54) is 17.3 Å². The number of thiocarbonyl (C=S) groups is 1. The van der Waals surface area contributed by atoms with E-state index < -0.39 is 0 Å². The number of thioether (sulfide) groups is 1. The van der Waals surface area contributed by atoms with Gasteiger partial charge in [0.1, 0.15) is 21.8 Å². The van der Waals surface area contributed by atoms with Gasteiger partial charge in [-0.15, -0.1) is 0 Å². The fourth-order valence-corrected chi connectivity index (χ4v) is 7.08. The predicted molar refractivity (Wildman–Crippen MR) is 175 cm³/mol. The summed E-state index contributed by atoms with van der Waals surface area (Å²) in [7, 11) is 0. The average molecular weight is 597 g/mol. The van der Waals surface area contributed by atoms with Crippen LogP contribution in [-0.2, 0) is 24.3 Å². The third kappa shape index (κ3) is 6.38. The van der Waals surface area contributed by atoms with Crippen molar-refractivity contribution in [2.75, 3.05) is 18.0 Å². The number of nitrogens with zero attached hydrogens (tertiary/aromatic N) is 4. The molecule has 0 N–H and O–H groups in total. The Kier molecular flexibility index (Phi) is 9.61. The molecule has 0 spiro atoms. The molecular weight excluding hydrogens is 561 g/mol. The molecule has 8 heteroatoms. The van der Waals surface area contributed by atoms with Crippen molar-refractivity contribution < 1.29 is 4.79 Å². The van der Waals surface area contributed by atoms with Gasteiger partial charge >= 0.3 is 0 Å². The van der Waals surface area contributed by atoms with Gasteiger partial charge in [-0.1, -0.05) is 98.0 Å². The standard InChI is InChI=1S/C34H36N4O2S2/c1-3-4-17-37-31(36-18-15-26(16-19-36)20-25-11-7-5-8-12-25)28(24(2)29(22-35)32(37)39)21-30-33(40)38(34(41)42-30)23-27-13-9-6-10-14-27/h5-14,21,26H,3-4,15-20,23H2,1-2H3. The normalized spacial score (nSPS) is 16.8. The van der Waals surface area contributed by atoms with E-state index in [1.807, 2.05) is 49.4 Å². The van der Waals surface area contributed by atoms with Crippen LogP contribution in [0.15, 0.2) is 70.4 Å². The minimum Gasteiger partial charge on any atom is -0.357 e. The van der Waals surface area contributed by atoms with E-state index in [0.717, 1.165) is 62.1 Å². The molecule has 3 heterocycles. The zero-order valence-electron chi connectivity index (χ0n) is 24.2. The van der Waals surface area contributed by atoms with Gasteiger partial charge in [0.15, 0.2) is 0 Å². The minimum atomic E-state index is -0.251. The Morgan fingerprint density at radius 3 is 2.29 bits per heavy atom. The number of benzene rings is 2. The molecule has 216 valence electrons. The van der Waals surface area contributed by atoms with E-state index in [-0.39, 0.29) is 17.0 Å². The van der Waals surface area contributed by atoms with Gasteiger partial charge in [-0.25, -0.2) is 0 Å². The number of piperidine rings is 1. The number of anilines is 1. The third-order valence-electron chi connectivity index (χ3n) is 8.20. The first-order valence-corrected chi connectivity index (χ1v) is 15.9. The van der Waals surface area contributed by atoms with E-state index in [9.17, 15) is 14.9 Å². The number of carbonyl (C=O) groups excluding carboxylic acids is 1. The summed E-state index contributed by atoms with van der Waals surface area (Å²) in [5, 5.41) is 10.0. The van der Waals surface area contributed by atoms with Crippen LogP contribution >= 0.6 is 24.0 Å². The second-order valence-corrected chi connectivity index (χ2v) is 12.7. The van der Waals surface area contributed by atoms with Crippen LogP contribution in [0.5, 0.6) is 0 Å². The molecule has 2 aliphatic rings. The van der Waals surface area contributed by atoms with Crippen LogP contribution in [0.4, 0.5) is 5.82 Å².